The average Bonchev–Trinajstić information content (AvgIpc) is 3.35. The summed E-state index contributed by atoms with van der Waals surface area (Å²) in [7, 11) is 0. The van der Waals surface area contributed by atoms with Crippen LogP contribution in [0.1, 0.15) is 38.5 Å². The molecule has 2 aromatic heterocycles. The fourth-order valence-corrected chi connectivity index (χ4v) is 5.40. The molecule has 2 aromatic rings. The van der Waals surface area contributed by atoms with Gasteiger partial charge in [0.2, 0.25) is 11.8 Å². The standard InChI is InChI=1S/C26H39N7O4/c27-17-20(18-28-19-6-13-35-14-7-19)29-26-30-23-5-8-33(9-12-34)24(23)25(31-26)37-22-3-1-21(2-4-22)32-10-15-36-16-11-32/h5,8,17-19,21-22,34H,1-4,6-7,9-16,27H2,(H,29,30,31). The number of aliphatic imine (C=N–C) groups is 1. The average molecular weight is 514 g/mol. The van der Waals surface area contributed by atoms with Crippen molar-refractivity contribution in [3.8, 4) is 5.88 Å². The Morgan fingerprint density at radius 3 is 2.59 bits per heavy atom. The molecule has 0 spiro atoms. The first-order valence-corrected chi connectivity index (χ1v) is 13.5. The Bertz CT molecular complexity index is 1070. The molecule has 3 aliphatic rings. The van der Waals surface area contributed by atoms with Crippen LogP contribution in [0.25, 0.3) is 11.0 Å². The molecule has 37 heavy (non-hydrogen) atoms. The zero-order valence-corrected chi connectivity index (χ0v) is 21.4. The first kappa shape index (κ1) is 25.9. The molecule has 0 atom stereocenters. The summed E-state index contributed by atoms with van der Waals surface area (Å²) in [6.45, 7) is 5.62. The molecule has 2 saturated heterocycles. The van der Waals surface area contributed by atoms with Gasteiger partial charge < -0.3 is 34.9 Å². The zero-order valence-electron chi connectivity index (χ0n) is 21.4. The fraction of sp³-hybridized carbons (Fsp3) is 0.654. The van der Waals surface area contributed by atoms with Crippen molar-refractivity contribution in [1.29, 1.82) is 0 Å². The van der Waals surface area contributed by atoms with Crippen LogP contribution in [0.3, 0.4) is 0 Å². The molecule has 4 N–H and O–H groups in total. The lowest BCUT2D eigenvalue weighted by molar-refractivity contribution is -0.00127. The summed E-state index contributed by atoms with van der Waals surface area (Å²) in [5.41, 5.74) is 8.05. The van der Waals surface area contributed by atoms with E-state index in [4.69, 9.17) is 24.9 Å². The van der Waals surface area contributed by atoms with E-state index in [1.165, 1.54) is 6.20 Å². The van der Waals surface area contributed by atoms with Crippen molar-refractivity contribution in [2.45, 2.75) is 63.3 Å². The molecule has 5 rings (SSSR count). The van der Waals surface area contributed by atoms with Gasteiger partial charge >= 0.3 is 0 Å². The van der Waals surface area contributed by atoms with E-state index in [2.05, 4.69) is 20.2 Å². The maximum atomic E-state index is 9.56. The third kappa shape index (κ3) is 6.59. The number of anilines is 1. The second kappa shape index (κ2) is 12.7. The lowest BCUT2D eigenvalue weighted by Crippen LogP contribution is -2.46. The highest BCUT2D eigenvalue weighted by atomic mass is 16.5. The molecule has 3 fully saturated rings. The summed E-state index contributed by atoms with van der Waals surface area (Å²) >= 11 is 0. The minimum Gasteiger partial charge on any atom is -0.473 e. The number of nitrogens with two attached hydrogens (primary N) is 1. The molecule has 0 bridgehead atoms. The number of aliphatic hydroxyl groups is 1. The van der Waals surface area contributed by atoms with Crippen LogP contribution < -0.4 is 15.8 Å². The van der Waals surface area contributed by atoms with Crippen molar-refractivity contribution < 1.29 is 19.3 Å². The highest BCUT2D eigenvalue weighted by Gasteiger charge is 2.29. The molecule has 202 valence electrons. The van der Waals surface area contributed by atoms with Crippen LogP contribution >= 0.6 is 0 Å². The molecule has 2 aliphatic heterocycles. The summed E-state index contributed by atoms with van der Waals surface area (Å²) in [5, 5.41) is 12.8. The number of ether oxygens (including phenoxy) is 3. The Labute approximate surface area is 217 Å². The van der Waals surface area contributed by atoms with Crippen molar-refractivity contribution in [1.82, 2.24) is 19.4 Å². The molecular formula is C26H39N7O4. The van der Waals surface area contributed by atoms with Crippen LogP contribution in [-0.2, 0) is 16.0 Å². The van der Waals surface area contributed by atoms with E-state index in [-0.39, 0.29) is 18.8 Å². The van der Waals surface area contributed by atoms with Crippen molar-refractivity contribution in [3.05, 3.63) is 24.2 Å². The Balaban J connectivity index is 1.30. The van der Waals surface area contributed by atoms with Gasteiger partial charge in [-0.25, -0.2) is 4.98 Å². The maximum absolute atomic E-state index is 9.56. The van der Waals surface area contributed by atoms with Crippen LogP contribution in [0.15, 0.2) is 29.2 Å². The largest absolute Gasteiger partial charge is 0.473 e. The van der Waals surface area contributed by atoms with E-state index < -0.39 is 0 Å². The van der Waals surface area contributed by atoms with E-state index in [1.54, 1.807) is 6.21 Å². The summed E-state index contributed by atoms with van der Waals surface area (Å²) in [6.07, 6.45) is 11.2. The molecule has 0 radical (unpaired) electrons. The number of hydrogen-bond donors (Lipinski definition) is 3. The molecule has 11 heteroatoms. The van der Waals surface area contributed by atoms with Crippen molar-refractivity contribution in [2.75, 3.05) is 51.4 Å². The molecule has 11 nitrogen and oxygen atoms in total. The maximum Gasteiger partial charge on any atom is 0.243 e. The van der Waals surface area contributed by atoms with Crippen LogP contribution in [0, 0.1) is 0 Å². The van der Waals surface area contributed by atoms with Crippen molar-refractivity contribution in [2.24, 2.45) is 10.7 Å². The fourth-order valence-electron chi connectivity index (χ4n) is 5.40. The monoisotopic (exact) mass is 513 g/mol. The smallest absolute Gasteiger partial charge is 0.243 e. The number of fused-ring (bicyclic) bond motifs is 1. The third-order valence-corrected chi connectivity index (χ3v) is 7.45. The van der Waals surface area contributed by atoms with E-state index in [1.807, 2.05) is 16.8 Å². The molecule has 0 amide bonds. The van der Waals surface area contributed by atoms with Crippen LogP contribution in [0.4, 0.5) is 5.95 Å². The molecule has 1 aliphatic carbocycles. The highest BCUT2D eigenvalue weighted by molar-refractivity contribution is 5.85. The summed E-state index contributed by atoms with van der Waals surface area (Å²) < 4.78 is 19.4. The predicted molar refractivity (Wildman–Crippen MR) is 142 cm³/mol. The molecule has 4 heterocycles. The Morgan fingerprint density at radius 1 is 1.11 bits per heavy atom. The Morgan fingerprint density at radius 2 is 1.86 bits per heavy atom. The van der Waals surface area contributed by atoms with Gasteiger partial charge in [-0.05, 0) is 44.6 Å². The zero-order chi connectivity index (χ0) is 25.5. The van der Waals surface area contributed by atoms with Gasteiger partial charge in [-0.15, -0.1) is 0 Å². The molecule has 0 unspecified atom stereocenters. The Hall–Kier alpha value is -2.73. The number of nitrogens with one attached hydrogen (secondary N) is 1. The lowest BCUT2D eigenvalue weighted by Gasteiger charge is -2.38. The minimum absolute atomic E-state index is 0.0244. The predicted octanol–water partition coefficient (Wildman–Crippen LogP) is 1.91. The molecular weight excluding hydrogens is 474 g/mol. The van der Waals surface area contributed by atoms with E-state index in [0.717, 1.165) is 89.1 Å². The number of allylic oxidation sites excluding steroid dienone is 1. The third-order valence-electron chi connectivity index (χ3n) is 7.45. The lowest BCUT2D eigenvalue weighted by atomic mass is 9.91. The number of rotatable bonds is 9. The first-order valence-electron chi connectivity index (χ1n) is 13.5. The van der Waals surface area contributed by atoms with Gasteiger partial charge in [0.05, 0.1) is 37.1 Å². The second-order valence-corrected chi connectivity index (χ2v) is 9.88. The van der Waals surface area contributed by atoms with E-state index in [0.29, 0.717) is 30.1 Å². The van der Waals surface area contributed by atoms with Gasteiger partial charge in [0.15, 0.2) is 0 Å². The topological polar surface area (TPSA) is 132 Å². The summed E-state index contributed by atoms with van der Waals surface area (Å²) in [6, 6.07) is 2.74. The van der Waals surface area contributed by atoms with E-state index >= 15 is 0 Å². The van der Waals surface area contributed by atoms with Crippen LogP contribution in [0.5, 0.6) is 5.88 Å². The first-order chi connectivity index (χ1) is 18.2. The van der Waals surface area contributed by atoms with Crippen LogP contribution in [-0.4, -0.2) is 95.1 Å². The summed E-state index contributed by atoms with van der Waals surface area (Å²) in [4.78, 5) is 16.6. The molecule has 0 aromatic carbocycles. The van der Waals surface area contributed by atoms with Crippen LogP contribution in [0.2, 0.25) is 0 Å². The van der Waals surface area contributed by atoms with Crippen molar-refractivity contribution >= 4 is 23.2 Å². The number of morpholine rings is 1. The van der Waals surface area contributed by atoms with Gasteiger partial charge in [-0.3, -0.25) is 9.89 Å². The summed E-state index contributed by atoms with van der Waals surface area (Å²) in [5.74, 6) is 0.930. The minimum atomic E-state index is 0.0244. The SMILES string of the molecule is NC=C(C=NC1CCOCC1)Nc1nc(OC2CCC(N3CCOCC3)CC2)c2c(ccn2CCO)n1. The number of aliphatic hydroxyl groups excluding tert-OH is 1. The number of hydrogen-bond acceptors (Lipinski definition) is 10. The van der Waals surface area contributed by atoms with Gasteiger partial charge in [0.25, 0.3) is 0 Å². The number of nitrogens with zero attached hydrogens (tertiary/aromatic N) is 5. The van der Waals surface area contributed by atoms with Crippen molar-refractivity contribution in [3.63, 3.8) is 0 Å². The number of aromatic nitrogens is 3. The Kier molecular flexibility index (Phi) is 8.88. The van der Waals surface area contributed by atoms with Gasteiger partial charge in [0.1, 0.15) is 11.6 Å². The van der Waals surface area contributed by atoms with Gasteiger partial charge in [0, 0.05) is 57.5 Å². The van der Waals surface area contributed by atoms with E-state index in [9.17, 15) is 5.11 Å². The second-order valence-electron chi connectivity index (χ2n) is 9.88. The molecule has 1 saturated carbocycles. The van der Waals surface area contributed by atoms with Gasteiger partial charge in [-0.1, -0.05) is 0 Å². The quantitative estimate of drug-likeness (QED) is 0.430. The highest BCUT2D eigenvalue weighted by Crippen LogP contribution is 2.31. The van der Waals surface area contributed by atoms with Gasteiger partial charge in [-0.2, -0.15) is 4.98 Å². The normalized spacial score (nSPS) is 24.6.